The fraction of sp³-hybridized carbons (Fsp3) is 0.0500. The zero-order chi connectivity index (χ0) is 17.2. The highest BCUT2D eigenvalue weighted by molar-refractivity contribution is 5.68. The smallest absolute Gasteiger partial charge is 0.274 e. The van der Waals surface area contributed by atoms with E-state index in [4.69, 9.17) is 0 Å². The van der Waals surface area contributed by atoms with Gasteiger partial charge in [0, 0.05) is 22.9 Å². The summed E-state index contributed by atoms with van der Waals surface area (Å²) in [6.07, 6.45) is 0. The molecular formula is C20H16N4O. The first kappa shape index (κ1) is 15.1. The van der Waals surface area contributed by atoms with Crippen LogP contribution in [0.25, 0.3) is 28.5 Å². The Balaban J connectivity index is 1.95. The first-order valence-electron chi connectivity index (χ1n) is 8.00. The van der Waals surface area contributed by atoms with Crippen molar-refractivity contribution in [2.24, 2.45) is 0 Å². The van der Waals surface area contributed by atoms with Gasteiger partial charge >= 0.3 is 0 Å². The van der Waals surface area contributed by atoms with Gasteiger partial charge in [0.2, 0.25) is 0 Å². The molecule has 4 rings (SSSR count). The minimum Gasteiger partial charge on any atom is -0.293 e. The second-order valence-electron chi connectivity index (χ2n) is 5.78. The van der Waals surface area contributed by atoms with Crippen molar-refractivity contribution < 1.29 is 0 Å². The third kappa shape index (κ3) is 2.99. The highest BCUT2D eigenvalue weighted by atomic mass is 16.1. The third-order valence-electron chi connectivity index (χ3n) is 3.90. The van der Waals surface area contributed by atoms with Gasteiger partial charge in [-0.1, -0.05) is 60.7 Å². The molecule has 0 aliphatic carbocycles. The van der Waals surface area contributed by atoms with Crippen LogP contribution < -0.4 is 5.56 Å². The Labute approximate surface area is 144 Å². The molecule has 0 saturated carbocycles. The molecule has 0 radical (unpaired) electrons. The van der Waals surface area contributed by atoms with Gasteiger partial charge in [-0.05, 0) is 13.0 Å². The highest BCUT2D eigenvalue weighted by Crippen LogP contribution is 2.24. The van der Waals surface area contributed by atoms with Crippen molar-refractivity contribution in [3.8, 4) is 28.5 Å². The normalized spacial score (nSPS) is 10.8. The molecule has 0 aliphatic rings. The average molecular weight is 328 g/mol. The standard InChI is InChI=1S/C20H16N4O/c1-14-12-19(25)24(23-14)20-21-17(15-8-4-2-5-9-15)13-18(22-20)16-10-6-3-7-11-16/h2-13,23H,1H3. The van der Waals surface area contributed by atoms with E-state index in [0.717, 1.165) is 28.2 Å². The number of aromatic nitrogens is 4. The zero-order valence-corrected chi connectivity index (χ0v) is 13.7. The molecule has 0 saturated heterocycles. The van der Waals surface area contributed by atoms with Crippen molar-refractivity contribution in [3.05, 3.63) is 88.8 Å². The number of aryl methyl sites for hydroxylation is 1. The molecule has 5 heteroatoms. The maximum Gasteiger partial charge on any atom is 0.274 e. The molecule has 0 spiro atoms. The largest absolute Gasteiger partial charge is 0.293 e. The van der Waals surface area contributed by atoms with E-state index in [2.05, 4.69) is 15.1 Å². The van der Waals surface area contributed by atoms with Gasteiger partial charge in [-0.2, -0.15) is 4.68 Å². The van der Waals surface area contributed by atoms with Gasteiger partial charge in [-0.15, -0.1) is 0 Å². The number of hydrogen-bond donors (Lipinski definition) is 1. The van der Waals surface area contributed by atoms with Crippen molar-refractivity contribution in [1.29, 1.82) is 0 Å². The first-order valence-corrected chi connectivity index (χ1v) is 8.00. The van der Waals surface area contributed by atoms with Crippen molar-refractivity contribution in [2.75, 3.05) is 0 Å². The van der Waals surface area contributed by atoms with Crippen LogP contribution >= 0.6 is 0 Å². The van der Waals surface area contributed by atoms with Crippen molar-refractivity contribution in [2.45, 2.75) is 6.92 Å². The Morgan fingerprint density at radius 1 is 0.800 bits per heavy atom. The summed E-state index contributed by atoms with van der Waals surface area (Å²) in [6.45, 7) is 1.83. The maximum atomic E-state index is 12.2. The number of aromatic amines is 1. The highest BCUT2D eigenvalue weighted by Gasteiger charge is 2.12. The van der Waals surface area contributed by atoms with E-state index in [1.54, 1.807) is 0 Å². The van der Waals surface area contributed by atoms with Crippen LogP contribution in [0.1, 0.15) is 5.69 Å². The molecule has 5 nitrogen and oxygen atoms in total. The summed E-state index contributed by atoms with van der Waals surface area (Å²) in [5.41, 5.74) is 4.06. The van der Waals surface area contributed by atoms with Crippen LogP contribution in [0.2, 0.25) is 0 Å². The average Bonchev–Trinajstić information content (AvgIpc) is 3.01. The number of hydrogen-bond acceptors (Lipinski definition) is 3. The summed E-state index contributed by atoms with van der Waals surface area (Å²) in [7, 11) is 0. The van der Waals surface area contributed by atoms with Gasteiger partial charge in [0.25, 0.3) is 11.5 Å². The molecule has 0 amide bonds. The Kier molecular flexibility index (Phi) is 3.74. The summed E-state index contributed by atoms with van der Waals surface area (Å²) in [5, 5.41) is 3.00. The molecule has 2 aromatic carbocycles. The Morgan fingerprint density at radius 3 is 1.76 bits per heavy atom. The van der Waals surface area contributed by atoms with Crippen LogP contribution in [0, 0.1) is 6.92 Å². The summed E-state index contributed by atoms with van der Waals surface area (Å²) in [6, 6.07) is 23.2. The lowest BCUT2D eigenvalue weighted by Gasteiger charge is -2.09. The molecule has 25 heavy (non-hydrogen) atoms. The summed E-state index contributed by atoms with van der Waals surface area (Å²) in [4.78, 5) is 21.4. The number of benzene rings is 2. The lowest BCUT2D eigenvalue weighted by atomic mass is 10.1. The van der Waals surface area contributed by atoms with Gasteiger partial charge in [-0.3, -0.25) is 9.89 Å². The Hall–Kier alpha value is -3.47. The topological polar surface area (TPSA) is 63.6 Å². The molecule has 0 unspecified atom stereocenters. The second kappa shape index (κ2) is 6.20. The molecule has 0 aliphatic heterocycles. The summed E-state index contributed by atoms with van der Waals surface area (Å²) < 4.78 is 1.37. The molecule has 2 aromatic heterocycles. The fourth-order valence-corrected chi connectivity index (χ4v) is 2.71. The summed E-state index contributed by atoms with van der Waals surface area (Å²) >= 11 is 0. The van der Waals surface area contributed by atoms with Crippen LogP contribution in [0.5, 0.6) is 0 Å². The SMILES string of the molecule is Cc1cc(=O)n(-c2nc(-c3ccccc3)cc(-c3ccccc3)n2)[nH]1. The molecule has 0 atom stereocenters. The fourth-order valence-electron chi connectivity index (χ4n) is 2.71. The van der Waals surface area contributed by atoms with Crippen LogP contribution in [-0.4, -0.2) is 19.7 Å². The van der Waals surface area contributed by atoms with Crippen LogP contribution in [0.15, 0.2) is 77.6 Å². The van der Waals surface area contributed by atoms with E-state index in [-0.39, 0.29) is 5.56 Å². The second-order valence-corrected chi connectivity index (χ2v) is 5.78. The van der Waals surface area contributed by atoms with Crippen molar-refractivity contribution >= 4 is 0 Å². The number of nitrogens with zero attached hydrogens (tertiary/aromatic N) is 3. The molecule has 0 bridgehead atoms. The van der Waals surface area contributed by atoms with Gasteiger partial charge in [0.05, 0.1) is 11.4 Å². The molecule has 0 fully saturated rings. The quantitative estimate of drug-likeness (QED) is 0.625. The van der Waals surface area contributed by atoms with Crippen LogP contribution in [-0.2, 0) is 0 Å². The van der Waals surface area contributed by atoms with Crippen LogP contribution in [0.3, 0.4) is 0 Å². The lowest BCUT2D eigenvalue weighted by Crippen LogP contribution is -2.17. The number of nitrogens with one attached hydrogen (secondary N) is 1. The van der Waals surface area contributed by atoms with Gasteiger partial charge < -0.3 is 0 Å². The predicted molar refractivity (Wildman–Crippen MR) is 97.6 cm³/mol. The maximum absolute atomic E-state index is 12.2. The van der Waals surface area contributed by atoms with Gasteiger partial charge in [0.15, 0.2) is 0 Å². The van der Waals surface area contributed by atoms with Gasteiger partial charge in [0.1, 0.15) is 0 Å². The minimum absolute atomic E-state index is 0.179. The third-order valence-corrected chi connectivity index (χ3v) is 3.90. The molecule has 1 N–H and O–H groups in total. The number of rotatable bonds is 3. The van der Waals surface area contributed by atoms with Gasteiger partial charge in [-0.25, -0.2) is 9.97 Å². The molecular weight excluding hydrogens is 312 g/mol. The van der Waals surface area contributed by atoms with Crippen molar-refractivity contribution in [1.82, 2.24) is 19.7 Å². The number of H-pyrrole nitrogens is 1. The first-order chi connectivity index (χ1) is 12.2. The monoisotopic (exact) mass is 328 g/mol. The lowest BCUT2D eigenvalue weighted by molar-refractivity contribution is 0.777. The van der Waals surface area contributed by atoms with E-state index in [1.807, 2.05) is 73.7 Å². The summed E-state index contributed by atoms with van der Waals surface area (Å²) in [5.74, 6) is 0.332. The van der Waals surface area contributed by atoms with Crippen LogP contribution in [0.4, 0.5) is 0 Å². The van der Waals surface area contributed by atoms with Crippen molar-refractivity contribution in [3.63, 3.8) is 0 Å². The predicted octanol–water partition coefficient (Wildman–Crippen LogP) is 3.60. The Bertz CT molecular complexity index is 1010. The Morgan fingerprint density at radius 2 is 1.32 bits per heavy atom. The van der Waals surface area contributed by atoms with E-state index in [9.17, 15) is 4.79 Å². The molecule has 4 aromatic rings. The molecule has 122 valence electrons. The van der Waals surface area contributed by atoms with E-state index >= 15 is 0 Å². The van der Waals surface area contributed by atoms with E-state index < -0.39 is 0 Å². The zero-order valence-electron chi connectivity index (χ0n) is 13.7. The van der Waals surface area contributed by atoms with E-state index in [0.29, 0.717) is 5.95 Å². The molecule has 2 heterocycles. The minimum atomic E-state index is -0.179. The van der Waals surface area contributed by atoms with E-state index in [1.165, 1.54) is 10.7 Å².